The van der Waals surface area contributed by atoms with E-state index >= 15 is 0 Å². The number of esters is 2. The van der Waals surface area contributed by atoms with Crippen molar-refractivity contribution in [2.24, 2.45) is 5.41 Å². The fourth-order valence-corrected chi connectivity index (χ4v) is 2.32. The van der Waals surface area contributed by atoms with Crippen molar-refractivity contribution in [1.82, 2.24) is 0 Å². The SMILES string of the molecule is C#CCOCC#CCC(CC(C)=C1CC1)(C(=O)OC)C(=O)OC. The van der Waals surface area contributed by atoms with E-state index in [9.17, 15) is 9.59 Å². The highest BCUT2D eigenvalue weighted by molar-refractivity contribution is 6.00. The quantitative estimate of drug-likeness (QED) is 0.236. The van der Waals surface area contributed by atoms with E-state index in [0.717, 1.165) is 18.4 Å². The van der Waals surface area contributed by atoms with E-state index < -0.39 is 17.4 Å². The first-order valence-corrected chi connectivity index (χ1v) is 7.33. The second kappa shape index (κ2) is 9.02. The molecule has 0 aromatic heterocycles. The zero-order valence-electron chi connectivity index (χ0n) is 13.9. The van der Waals surface area contributed by atoms with Crippen molar-refractivity contribution in [2.45, 2.75) is 32.6 Å². The van der Waals surface area contributed by atoms with Gasteiger partial charge >= 0.3 is 11.9 Å². The molecule has 1 fully saturated rings. The minimum Gasteiger partial charge on any atom is -0.468 e. The highest BCUT2D eigenvalue weighted by Gasteiger charge is 2.48. The van der Waals surface area contributed by atoms with E-state index in [0.29, 0.717) is 0 Å². The molecule has 0 bridgehead atoms. The molecule has 0 amide bonds. The van der Waals surface area contributed by atoms with Crippen LogP contribution < -0.4 is 0 Å². The highest BCUT2D eigenvalue weighted by atomic mass is 16.5. The lowest BCUT2D eigenvalue weighted by molar-refractivity contribution is -0.168. The lowest BCUT2D eigenvalue weighted by Gasteiger charge is -2.26. The van der Waals surface area contributed by atoms with Crippen LogP contribution in [0.1, 0.15) is 32.6 Å². The summed E-state index contributed by atoms with van der Waals surface area (Å²) in [5.74, 6) is 6.62. The molecule has 0 aliphatic heterocycles. The summed E-state index contributed by atoms with van der Waals surface area (Å²) in [6.07, 6.45) is 7.35. The molecule has 5 heteroatoms. The van der Waals surface area contributed by atoms with Gasteiger partial charge in [0.1, 0.15) is 13.2 Å². The minimum atomic E-state index is -1.44. The number of hydrogen-bond donors (Lipinski definition) is 0. The maximum absolute atomic E-state index is 12.3. The molecule has 0 aromatic carbocycles. The number of rotatable bonds is 7. The van der Waals surface area contributed by atoms with Gasteiger partial charge in [-0.1, -0.05) is 28.9 Å². The number of ether oxygens (including phenoxy) is 3. The summed E-state index contributed by atoms with van der Waals surface area (Å²) in [6, 6.07) is 0. The van der Waals surface area contributed by atoms with E-state index in [-0.39, 0.29) is 26.1 Å². The molecule has 1 rings (SSSR count). The predicted molar refractivity (Wildman–Crippen MR) is 85.1 cm³/mol. The number of carbonyl (C=O) groups is 2. The Labute approximate surface area is 137 Å². The third-order valence-electron chi connectivity index (χ3n) is 3.70. The van der Waals surface area contributed by atoms with Gasteiger partial charge in [-0.3, -0.25) is 9.59 Å². The molecule has 1 aliphatic rings. The van der Waals surface area contributed by atoms with Gasteiger partial charge in [0.2, 0.25) is 0 Å². The van der Waals surface area contributed by atoms with Crippen molar-refractivity contribution in [3.63, 3.8) is 0 Å². The van der Waals surface area contributed by atoms with E-state index in [4.69, 9.17) is 20.6 Å². The van der Waals surface area contributed by atoms with Gasteiger partial charge < -0.3 is 14.2 Å². The van der Waals surface area contributed by atoms with Crippen LogP contribution in [0.5, 0.6) is 0 Å². The standard InChI is InChI=1S/C18H22O5/c1-5-11-23-12-7-6-10-18(16(19)21-3,17(20)22-4)13-14(2)15-8-9-15/h1H,8-13H2,2-4H3. The summed E-state index contributed by atoms with van der Waals surface area (Å²) in [4.78, 5) is 24.6. The van der Waals surface area contributed by atoms with Crippen LogP contribution in [-0.2, 0) is 23.8 Å². The van der Waals surface area contributed by atoms with Gasteiger partial charge in [-0.2, -0.15) is 0 Å². The van der Waals surface area contributed by atoms with Crippen LogP contribution in [0.4, 0.5) is 0 Å². The zero-order chi connectivity index (χ0) is 17.3. The Morgan fingerprint density at radius 1 is 1.13 bits per heavy atom. The molecule has 5 nitrogen and oxygen atoms in total. The number of methoxy groups -OCH3 is 2. The average Bonchev–Trinajstić information content (AvgIpc) is 3.40. The minimum absolute atomic E-state index is 0.0103. The third-order valence-corrected chi connectivity index (χ3v) is 3.70. The van der Waals surface area contributed by atoms with E-state index in [2.05, 4.69) is 17.8 Å². The first kappa shape index (κ1) is 18.8. The number of carbonyl (C=O) groups excluding carboxylic acids is 2. The smallest absolute Gasteiger partial charge is 0.324 e. The molecule has 1 saturated carbocycles. The number of hydrogen-bond acceptors (Lipinski definition) is 5. The Balaban J connectivity index is 2.97. The number of terminal acetylenes is 1. The van der Waals surface area contributed by atoms with E-state index in [1.165, 1.54) is 19.8 Å². The highest BCUT2D eigenvalue weighted by Crippen LogP contribution is 2.40. The lowest BCUT2D eigenvalue weighted by atomic mass is 9.78. The molecule has 0 atom stereocenters. The van der Waals surface area contributed by atoms with Gasteiger partial charge in [0, 0.05) is 6.42 Å². The maximum Gasteiger partial charge on any atom is 0.324 e. The van der Waals surface area contributed by atoms with Crippen molar-refractivity contribution in [3.8, 4) is 24.2 Å². The van der Waals surface area contributed by atoms with Crippen LogP contribution in [0, 0.1) is 29.6 Å². The first-order valence-electron chi connectivity index (χ1n) is 7.33. The third kappa shape index (κ3) is 5.16. The molecule has 0 heterocycles. The lowest BCUT2D eigenvalue weighted by Crippen LogP contribution is -2.41. The Morgan fingerprint density at radius 3 is 2.22 bits per heavy atom. The van der Waals surface area contributed by atoms with Gasteiger partial charge in [0.15, 0.2) is 5.41 Å². The summed E-state index contributed by atoms with van der Waals surface area (Å²) in [6.45, 7) is 2.23. The van der Waals surface area contributed by atoms with Crippen molar-refractivity contribution >= 4 is 11.9 Å². The Bertz CT molecular complexity index is 561. The monoisotopic (exact) mass is 318 g/mol. The summed E-state index contributed by atoms with van der Waals surface area (Å²) in [7, 11) is 2.51. The average molecular weight is 318 g/mol. The maximum atomic E-state index is 12.3. The molecule has 0 unspecified atom stereocenters. The second-order valence-corrected chi connectivity index (χ2v) is 5.35. The van der Waals surface area contributed by atoms with Crippen molar-refractivity contribution in [3.05, 3.63) is 11.1 Å². The molecular formula is C18H22O5. The fraction of sp³-hybridized carbons (Fsp3) is 0.556. The fourth-order valence-electron chi connectivity index (χ4n) is 2.32. The van der Waals surface area contributed by atoms with Crippen LogP contribution in [0.25, 0.3) is 0 Å². The van der Waals surface area contributed by atoms with Crippen LogP contribution in [0.15, 0.2) is 11.1 Å². The van der Waals surface area contributed by atoms with Crippen LogP contribution >= 0.6 is 0 Å². The summed E-state index contributed by atoms with van der Waals surface area (Å²) in [5, 5.41) is 0. The van der Waals surface area contributed by atoms with Crippen molar-refractivity contribution < 1.29 is 23.8 Å². The normalized spacial score (nSPS) is 12.5. The van der Waals surface area contributed by atoms with Crippen molar-refractivity contribution in [1.29, 1.82) is 0 Å². The first-order chi connectivity index (χ1) is 11.0. The van der Waals surface area contributed by atoms with Gasteiger partial charge in [-0.25, -0.2) is 0 Å². The molecule has 23 heavy (non-hydrogen) atoms. The summed E-state index contributed by atoms with van der Waals surface area (Å²) in [5.41, 5.74) is 0.848. The molecule has 0 N–H and O–H groups in total. The molecule has 124 valence electrons. The Morgan fingerprint density at radius 2 is 1.74 bits per heavy atom. The molecule has 0 spiro atoms. The zero-order valence-corrected chi connectivity index (χ0v) is 13.9. The largest absolute Gasteiger partial charge is 0.468 e. The van der Waals surface area contributed by atoms with Gasteiger partial charge in [0.25, 0.3) is 0 Å². The Kier molecular flexibility index (Phi) is 7.38. The molecular weight excluding hydrogens is 296 g/mol. The van der Waals surface area contributed by atoms with Gasteiger partial charge in [-0.05, 0) is 26.2 Å². The van der Waals surface area contributed by atoms with Crippen LogP contribution in [0.2, 0.25) is 0 Å². The second-order valence-electron chi connectivity index (χ2n) is 5.35. The Hall–Kier alpha value is -2.24. The molecule has 1 aliphatic carbocycles. The molecule has 0 aromatic rings. The van der Waals surface area contributed by atoms with Crippen molar-refractivity contribution in [2.75, 3.05) is 27.4 Å². The van der Waals surface area contributed by atoms with Gasteiger partial charge in [-0.15, -0.1) is 6.42 Å². The summed E-state index contributed by atoms with van der Waals surface area (Å²) < 4.78 is 14.7. The van der Waals surface area contributed by atoms with Crippen LogP contribution in [0.3, 0.4) is 0 Å². The molecule has 0 saturated heterocycles. The number of allylic oxidation sites excluding steroid dienone is 2. The topological polar surface area (TPSA) is 61.8 Å². The van der Waals surface area contributed by atoms with E-state index in [1.54, 1.807) is 0 Å². The van der Waals surface area contributed by atoms with Gasteiger partial charge in [0.05, 0.1) is 14.2 Å². The van der Waals surface area contributed by atoms with Crippen LogP contribution in [-0.4, -0.2) is 39.4 Å². The predicted octanol–water partition coefficient (Wildman–Crippen LogP) is 1.86. The molecule has 0 radical (unpaired) electrons. The summed E-state index contributed by atoms with van der Waals surface area (Å²) >= 11 is 0. The van der Waals surface area contributed by atoms with E-state index in [1.807, 2.05) is 6.92 Å².